The summed E-state index contributed by atoms with van der Waals surface area (Å²) in [4.78, 5) is 14.7. The van der Waals surface area contributed by atoms with Crippen LogP contribution in [-0.4, -0.2) is 37.7 Å². The van der Waals surface area contributed by atoms with Gasteiger partial charge in [-0.1, -0.05) is 36.4 Å². The lowest BCUT2D eigenvalue weighted by Crippen LogP contribution is -2.34. The van der Waals surface area contributed by atoms with Gasteiger partial charge in [0.1, 0.15) is 6.61 Å². The van der Waals surface area contributed by atoms with Gasteiger partial charge in [0.25, 0.3) is 0 Å². The van der Waals surface area contributed by atoms with Gasteiger partial charge in [-0.25, -0.2) is 13.6 Å². The minimum atomic E-state index is -1.03. The number of carbonyl (C=O) groups is 1. The summed E-state index contributed by atoms with van der Waals surface area (Å²) in [7, 11) is 2.10. The Labute approximate surface area is 203 Å². The molecule has 0 aliphatic carbocycles. The predicted octanol–water partition coefficient (Wildman–Crippen LogP) is 6.18. The molecule has 1 saturated heterocycles. The maximum Gasteiger partial charge on any atom is 0.411 e. The van der Waals surface area contributed by atoms with Crippen LogP contribution in [0.2, 0.25) is 0 Å². The second kappa shape index (κ2) is 11.1. The van der Waals surface area contributed by atoms with E-state index < -0.39 is 17.7 Å². The molecule has 1 heterocycles. The lowest BCUT2D eigenvalue weighted by atomic mass is 9.80. The van der Waals surface area contributed by atoms with Gasteiger partial charge in [-0.3, -0.25) is 5.32 Å². The molecular formula is C28H27F2N3O2. The highest BCUT2D eigenvalue weighted by Crippen LogP contribution is 2.34. The van der Waals surface area contributed by atoms with Crippen LogP contribution in [0.15, 0.2) is 66.7 Å². The number of nitrogens with zero attached hydrogens (tertiary/aromatic N) is 2. The molecule has 0 radical (unpaired) electrons. The zero-order chi connectivity index (χ0) is 24.8. The van der Waals surface area contributed by atoms with Gasteiger partial charge in [0, 0.05) is 17.7 Å². The highest BCUT2D eigenvalue weighted by molar-refractivity contribution is 5.84. The number of anilines is 1. The molecule has 1 fully saturated rings. The lowest BCUT2D eigenvalue weighted by molar-refractivity contribution is 0.123. The topological polar surface area (TPSA) is 65.4 Å². The van der Waals surface area contributed by atoms with E-state index in [1.54, 1.807) is 6.07 Å². The maximum absolute atomic E-state index is 13.5. The van der Waals surface area contributed by atoms with E-state index in [9.17, 15) is 18.8 Å². The van der Waals surface area contributed by atoms with Crippen LogP contribution in [0.25, 0.3) is 11.1 Å². The van der Waals surface area contributed by atoms with Gasteiger partial charge in [0.2, 0.25) is 0 Å². The van der Waals surface area contributed by atoms with Crippen LogP contribution in [0.1, 0.15) is 29.9 Å². The molecule has 1 amide bonds. The molecular weight excluding hydrogens is 448 g/mol. The van der Waals surface area contributed by atoms with E-state index in [-0.39, 0.29) is 18.2 Å². The van der Waals surface area contributed by atoms with E-state index in [2.05, 4.69) is 23.3 Å². The number of ether oxygens (including phenoxy) is 1. The molecule has 3 aromatic carbocycles. The first-order valence-electron chi connectivity index (χ1n) is 11.6. The van der Waals surface area contributed by atoms with E-state index >= 15 is 0 Å². The fourth-order valence-electron chi connectivity index (χ4n) is 4.52. The molecule has 1 unspecified atom stereocenters. The third-order valence-electron chi connectivity index (χ3n) is 6.56. The average Bonchev–Trinajstić information content (AvgIpc) is 2.88. The number of amides is 1. The van der Waals surface area contributed by atoms with Crippen LogP contribution < -0.4 is 5.32 Å². The van der Waals surface area contributed by atoms with Gasteiger partial charge in [0.15, 0.2) is 11.6 Å². The van der Waals surface area contributed by atoms with Gasteiger partial charge in [0.05, 0.1) is 11.6 Å². The summed E-state index contributed by atoms with van der Waals surface area (Å²) in [6.45, 7) is 2.12. The number of likely N-dealkylation sites (tertiary alicyclic amines) is 1. The Morgan fingerprint density at radius 1 is 1.06 bits per heavy atom. The molecule has 1 N–H and O–H groups in total. The quantitative estimate of drug-likeness (QED) is 0.463. The van der Waals surface area contributed by atoms with Crippen LogP contribution in [-0.2, 0) is 4.74 Å². The monoisotopic (exact) mass is 475 g/mol. The number of carbonyl (C=O) groups excluding carboxylic acids is 1. The first-order chi connectivity index (χ1) is 16.9. The van der Waals surface area contributed by atoms with Crippen LogP contribution >= 0.6 is 0 Å². The van der Waals surface area contributed by atoms with E-state index in [1.165, 1.54) is 6.07 Å². The molecule has 3 aromatic rings. The zero-order valence-electron chi connectivity index (χ0n) is 19.5. The summed E-state index contributed by atoms with van der Waals surface area (Å²) in [6, 6.07) is 20.9. The first kappa shape index (κ1) is 24.4. The number of rotatable bonds is 6. The number of hydrogen-bond acceptors (Lipinski definition) is 4. The highest BCUT2D eigenvalue weighted by atomic mass is 19.2. The number of piperidine rings is 1. The summed E-state index contributed by atoms with van der Waals surface area (Å²) in [6.07, 6.45) is 1.27. The Hall–Kier alpha value is -3.76. The Morgan fingerprint density at radius 3 is 2.49 bits per heavy atom. The summed E-state index contributed by atoms with van der Waals surface area (Å²) in [5.41, 5.74) is 3.78. The van der Waals surface area contributed by atoms with Gasteiger partial charge in [-0.2, -0.15) is 5.26 Å². The van der Waals surface area contributed by atoms with Crippen LogP contribution in [0.4, 0.5) is 19.3 Å². The first-order valence-corrected chi connectivity index (χ1v) is 11.6. The molecule has 180 valence electrons. The van der Waals surface area contributed by atoms with Gasteiger partial charge in [-0.05, 0) is 79.9 Å². The van der Waals surface area contributed by atoms with E-state index in [0.29, 0.717) is 11.5 Å². The molecule has 5 nitrogen and oxygen atoms in total. The number of nitriles is 1. The fraction of sp³-hybridized carbons (Fsp3) is 0.286. The summed E-state index contributed by atoms with van der Waals surface area (Å²) < 4.78 is 32.1. The number of hydrogen-bond donors (Lipinski definition) is 1. The molecule has 1 aliphatic heterocycles. The Balaban J connectivity index is 1.48. The molecule has 0 saturated carbocycles. The summed E-state index contributed by atoms with van der Waals surface area (Å²) in [5.74, 6) is -1.67. The van der Waals surface area contributed by atoms with E-state index in [0.717, 1.165) is 54.8 Å². The largest absolute Gasteiger partial charge is 0.449 e. The molecule has 0 spiro atoms. The van der Waals surface area contributed by atoms with Crippen molar-refractivity contribution in [1.29, 1.82) is 5.26 Å². The maximum atomic E-state index is 13.5. The molecule has 35 heavy (non-hydrogen) atoms. The SMILES string of the molecule is CN1CCC(C(COC(=O)Nc2ccc(F)c(F)c2)c2ccc(-c3cccc(C#N)c3)cc2)CC1. The smallest absolute Gasteiger partial charge is 0.411 e. The van der Waals surface area contributed by atoms with Crippen LogP contribution in [0.3, 0.4) is 0 Å². The average molecular weight is 476 g/mol. The molecule has 0 aromatic heterocycles. The Bertz CT molecular complexity index is 1220. The number of halogens is 2. The second-order valence-corrected chi connectivity index (χ2v) is 8.91. The van der Waals surface area contributed by atoms with Crippen molar-refractivity contribution in [3.8, 4) is 17.2 Å². The van der Waals surface area contributed by atoms with Crippen molar-refractivity contribution in [2.24, 2.45) is 5.92 Å². The molecule has 1 atom stereocenters. The predicted molar refractivity (Wildman–Crippen MR) is 131 cm³/mol. The Kier molecular flexibility index (Phi) is 7.74. The van der Waals surface area contributed by atoms with Crippen molar-refractivity contribution in [3.05, 3.63) is 89.5 Å². The normalized spacial score (nSPS) is 15.3. The van der Waals surface area contributed by atoms with Crippen molar-refractivity contribution >= 4 is 11.8 Å². The second-order valence-electron chi connectivity index (χ2n) is 8.91. The van der Waals surface area contributed by atoms with Crippen LogP contribution in [0.5, 0.6) is 0 Å². The van der Waals surface area contributed by atoms with Crippen molar-refractivity contribution < 1.29 is 18.3 Å². The fourth-order valence-corrected chi connectivity index (χ4v) is 4.52. The lowest BCUT2D eigenvalue weighted by Gasteiger charge is -2.34. The van der Waals surface area contributed by atoms with E-state index in [4.69, 9.17) is 4.74 Å². The molecule has 4 rings (SSSR count). The van der Waals surface area contributed by atoms with Gasteiger partial charge < -0.3 is 9.64 Å². The highest BCUT2D eigenvalue weighted by Gasteiger charge is 2.28. The third kappa shape index (κ3) is 6.23. The molecule has 7 heteroatoms. The summed E-state index contributed by atoms with van der Waals surface area (Å²) >= 11 is 0. The molecule has 0 bridgehead atoms. The van der Waals surface area contributed by atoms with Crippen LogP contribution in [0, 0.1) is 28.9 Å². The van der Waals surface area contributed by atoms with E-state index in [1.807, 2.05) is 42.5 Å². The van der Waals surface area contributed by atoms with Crippen molar-refractivity contribution in [3.63, 3.8) is 0 Å². The minimum absolute atomic E-state index is 0.00102. The van der Waals surface area contributed by atoms with Crippen molar-refractivity contribution in [2.75, 3.05) is 32.1 Å². The zero-order valence-corrected chi connectivity index (χ0v) is 19.5. The summed E-state index contributed by atoms with van der Waals surface area (Å²) in [5, 5.41) is 11.6. The van der Waals surface area contributed by atoms with Crippen molar-refractivity contribution in [2.45, 2.75) is 18.8 Å². The Morgan fingerprint density at radius 2 is 1.80 bits per heavy atom. The van der Waals surface area contributed by atoms with Gasteiger partial charge in [-0.15, -0.1) is 0 Å². The van der Waals surface area contributed by atoms with Gasteiger partial charge >= 0.3 is 6.09 Å². The third-order valence-corrected chi connectivity index (χ3v) is 6.56. The van der Waals surface area contributed by atoms with Crippen molar-refractivity contribution in [1.82, 2.24) is 4.90 Å². The number of nitrogens with one attached hydrogen (secondary N) is 1. The number of benzene rings is 3. The molecule has 1 aliphatic rings. The standard InChI is InChI=1S/C28H27F2N3O2/c1-33-13-11-22(12-14-33)25(18-35-28(34)32-24-9-10-26(29)27(30)16-24)21-7-5-20(6-8-21)23-4-2-3-19(15-23)17-31/h2-10,15-16,22,25H,11-14,18H2,1H3,(H,32,34). The minimum Gasteiger partial charge on any atom is -0.449 e.